The van der Waals surface area contributed by atoms with E-state index in [1.54, 1.807) is 0 Å². The molecule has 0 saturated heterocycles. The van der Waals surface area contributed by atoms with Crippen LogP contribution in [0.15, 0.2) is 29.4 Å². The third-order valence-corrected chi connectivity index (χ3v) is 3.46. The third-order valence-electron chi connectivity index (χ3n) is 3.46. The first kappa shape index (κ1) is 18.2. The lowest BCUT2D eigenvalue weighted by Gasteiger charge is -2.20. The summed E-state index contributed by atoms with van der Waals surface area (Å²) < 4.78 is 0. The summed E-state index contributed by atoms with van der Waals surface area (Å²) in [6, 6.07) is 7.46. The Labute approximate surface area is 133 Å². The molecule has 0 heterocycles. The van der Waals surface area contributed by atoms with Crippen LogP contribution in [0.1, 0.15) is 57.1 Å². The summed E-state index contributed by atoms with van der Waals surface area (Å²) in [5, 5.41) is 22.9. The Bertz CT molecular complexity index is 550. The molecule has 1 aromatic carbocycles. The number of oxime groups is 1. The van der Waals surface area contributed by atoms with Crippen LogP contribution < -0.4 is 5.73 Å². The molecule has 1 rings (SSSR count). The topological polar surface area (TPSA) is 78.8 Å². The Hall–Kier alpha value is -1.83. The molecule has 0 amide bonds. The van der Waals surface area contributed by atoms with E-state index >= 15 is 0 Å². The van der Waals surface area contributed by atoms with Crippen molar-refractivity contribution in [3.05, 3.63) is 35.4 Å². The number of nitrogens with two attached hydrogens (primary N) is 1. The Kier molecular flexibility index (Phi) is 7.65. The monoisotopic (exact) mass is 302 g/mol. The molecule has 0 spiro atoms. The van der Waals surface area contributed by atoms with Crippen LogP contribution in [0.2, 0.25) is 0 Å². The summed E-state index contributed by atoms with van der Waals surface area (Å²) in [5.41, 5.74) is 6.72. The van der Waals surface area contributed by atoms with Gasteiger partial charge in [-0.25, -0.2) is 0 Å². The van der Waals surface area contributed by atoms with Crippen LogP contribution in [0.5, 0.6) is 0 Å². The third kappa shape index (κ3) is 5.51. The van der Waals surface area contributed by atoms with E-state index in [-0.39, 0.29) is 0 Å². The highest BCUT2D eigenvalue weighted by molar-refractivity contribution is 6.00. The van der Waals surface area contributed by atoms with Crippen LogP contribution in [-0.2, 0) is 0 Å². The first-order valence-electron chi connectivity index (χ1n) is 7.85. The molecular weight excluding hydrogens is 276 g/mol. The van der Waals surface area contributed by atoms with Gasteiger partial charge in [-0.05, 0) is 31.5 Å². The highest BCUT2D eigenvalue weighted by Crippen LogP contribution is 2.18. The van der Waals surface area contributed by atoms with Crippen molar-refractivity contribution < 1.29 is 10.3 Å². The first-order chi connectivity index (χ1) is 10.6. The zero-order valence-electron chi connectivity index (χ0n) is 13.5. The van der Waals surface area contributed by atoms with Gasteiger partial charge in [0.2, 0.25) is 0 Å². The van der Waals surface area contributed by atoms with Crippen molar-refractivity contribution in [3.63, 3.8) is 0 Å². The van der Waals surface area contributed by atoms with E-state index in [9.17, 15) is 5.11 Å². The fourth-order valence-electron chi connectivity index (χ4n) is 2.43. The zero-order valence-corrected chi connectivity index (χ0v) is 13.5. The number of nitrogens with zero attached hydrogens (tertiary/aromatic N) is 1. The van der Waals surface area contributed by atoms with Gasteiger partial charge in [0.1, 0.15) is 5.60 Å². The quantitative estimate of drug-likeness (QED) is 0.313. The SMILES string of the molecule is CCCC(O)(C#Cc1cccc(C(CCN)=NO)c1)CCC. The van der Waals surface area contributed by atoms with Gasteiger partial charge >= 0.3 is 0 Å². The summed E-state index contributed by atoms with van der Waals surface area (Å²) in [6.07, 6.45) is 3.63. The first-order valence-corrected chi connectivity index (χ1v) is 7.85. The molecule has 0 saturated carbocycles. The molecule has 4 nitrogen and oxygen atoms in total. The Balaban J connectivity index is 3.02. The van der Waals surface area contributed by atoms with Crippen molar-refractivity contribution in [2.45, 2.75) is 51.6 Å². The molecule has 0 fully saturated rings. The molecule has 0 aliphatic heterocycles. The highest BCUT2D eigenvalue weighted by Gasteiger charge is 2.21. The molecule has 0 aromatic heterocycles. The predicted octanol–water partition coefficient (Wildman–Crippen LogP) is 2.90. The Morgan fingerprint density at radius 1 is 1.27 bits per heavy atom. The number of hydrogen-bond acceptors (Lipinski definition) is 4. The van der Waals surface area contributed by atoms with Crippen LogP contribution in [0, 0.1) is 11.8 Å². The fourth-order valence-corrected chi connectivity index (χ4v) is 2.43. The van der Waals surface area contributed by atoms with Gasteiger partial charge in [0.25, 0.3) is 0 Å². The summed E-state index contributed by atoms with van der Waals surface area (Å²) in [4.78, 5) is 0. The summed E-state index contributed by atoms with van der Waals surface area (Å²) in [5.74, 6) is 6.06. The van der Waals surface area contributed by atoms with Gasteiger partial charge in [-0.3, -0.25) is 0 Å². The van der Waals surface area contributed by atoms with Crippen molar-refractivity contribution in [3.8, 4) is 11.8 Å². The number of benzene rings is 1. The van der Waals surface area contributed by atoms with Gasteiger partial charge < -0.3 is 16.0 Å². The second kappa shape index (κ2) is 9.24. The second-order valence-corrected chi connectivity index (χ2v) is 5.45. The van der Waals surface area contributed by atoms with Gasteiger partial charge in [-0.1, -0.05) is 55.8 Å². The summed E-state index contributed by atoms with van der Waals surface area (Å²) >= 11 is 0. The molecule has 22 heavy (non-hydrogen) atoms. The minimum Gasteiger partial charge on any atom is -0.411 e. The fraction of sp³-hybridized carbons (Fsp3) is 0.500. The molecule has 0 radical (unpaired) electrons. The van der Waals surface area contributed by atoms with Gasteiger partial charge in [0, 0.05) is 17.5 Å². The lowest BCUT2D eigenvalue weighted by Crippen LogP contribution is -2.25. The largest absolute Gasteiger partial charge is 0.411 e. The van der Waals surface area contributed by atoms with Gasteiger partial charge in [0.05, 0.1) is 5.71 Å². The van der Waals surface area contributed by atoms with E-state index in [0.29, 0.717) is 31.5 Å². The van der Waals surface area contributed by atoms with Crippen molar-refractivity contribution in [1.82, 2.24) is 0 Å². The summed E-state index contributed by atoms with van der Waals surface area (Å²) in [6.45, 7) is 4.50. The minimum atomic E-state index is -0.926. The van der Waals surface area contributed by atoms with Gasteiger partial charge in [-0.2, -0.15) is 0 Å². The smallest absolute Gasteiger partial charge is 0.125 e. The standard InChI is InChI=1S/C18H26N2O2/c1-3-10-18(21,11-4-2)12-8-15-6-5-7-16(14-15)17(20-22)9-13-19/h5-7,14,21-22H,3-4,9-11,13,19H2,1-2H3. The van der Waals surface area contributed by atoms with Gasteiger partial charge in [0.15, 0.2) is 0 Å². The lowest BCUT2D eigenvalue weighted by atomic mass is 9.93. The molecule has 120 valence electrons. The van der Waals surface area contributed by atoms with Crippen LogP contribution in [0.4, 0.5) is 0 Å². The molecule has 0 atom stereocenters. The van der Waals surface area contributed by atoms with E-state index in [1.807, 2.05) is 38.1 Å². The summed E-state index contributed by atoms with van der Waals surface area (Å²) in [7, 11) is 0. The number of hydrogen-bond donors (Lipinski definition) is 3. The minimum absolute atomic E-state index is 0.419. The van der Waals surface area contributed by atoms with E-state index < -0.39 is 5.60 Å². The zero-order chi connectivity index (χ0) is 16.4. The van der Waals surface area contributed by atoms with E-state index in [0.717, 1.165) is 24.0 Å². The van der Waals surface area contributed by atoms with Crippen molar-refractivity contribution in [1.29, 1.82) is 0 Å². The van der Waals surface area contributed by atoms with Crippen LogP contribution >= 0.6 is 0 Å². The lowest BCUT2D eigenvalue weighted by molar-refractivity contribution is 0.0807. The van der Waals surface area contributed by atoms with Crippen molar-refractivity contribution in [2.24, 2.45) is 10.9 Å². The van der Waals surface area contributed by atoms with E-state index in [4.69, 9.17) is 10.9 Å². The number of rotatable bonds is 7. The van der Waals surface area contributed by atoms with Crippen LogP contribution in [0.3, 0.4) is 0 Å². The molecule has 1 aromatic rings. The van der Waals surface area contributed by atoms with Crippen LogP contribution in [-0.4, -0.2) is 28.2 Å². The Morgan fingerprint density at radius 3 is 2.50 bits per heavy atom. The average Bonchev–Trinajstić information content (AvgIpc) is 2.51. The van der Waals surface area contributed by atoms with Gasteiger partial charge in [-0.15, -0.1) is 0 Å². The van der Waals surface area contributed by atoms with Crippen molar-refractivity contribution >= 4 is 5.71 Å². The molecule has 4 heteroatoms. The average molecular weight is 302 g/mol. The molecule has 0 aliphatic rings. The van der Waals surface area contributed by atoms with E-state index in [2.05, 4.69) is 17.0 Å². The molecular formula is C18H26N2O2. The molecule has 0 unspecified atom stereocenters. The maximum atomic E-state index is 10.5. The molecule has 0 aliphatic carbocycles. The maximum Gasteiger partial charge on any atom is 0.125 e. The maximum absolute atomic E-state index is 10.5. The van der Waals surface area contributed by atoms with Crippen LogP contribution in [0.25, 0.3) is 0 Å². The van der Waals surface area contributed by atoms with Crippen molar-refractivity contribution in [2.75, 3.05) is 6.54 Å². The highest BCUT2D eigenvalue weighted by atomic mass is 16.4. The normalized spacial score (nSPS) is 11.9. The number of aliphatic hydroxyl groups is 1. The second-order valence-electron chi connectivity index (χ2n) is 5.45. The Morgan fingerprint density at radius 2 is 1.95 bits per heavy atom. The molecule has 0 bridgehead atoms. The molecule has 4 N–H and O–H groups in total. The predicted molar refractivity (Wildman–Crippen MR) is 90.1 cm³/mol. The van der Waals surface area contributed by atoms with E-state index in [1.165, 1.54) is 0 Å².